The van der Waals surface area contributed by atoms with Crippen molar-refractivity contribution in [1.82, 2.24) is 5.32 Å². The second-order valence-electron chi connectivity index (χ2n) is 2.50. The van der Waals surface area contributed by atoms with E-state index in [-0.39, 0.29) is 5.91 Å². The Balaban J connectivity index is 3.14. The number of amides is 1. The molecule has 0 heterocycles. The molecule has 0 bridgehead atoms. The number of aryl methyl sites for hydroxylation is 1. The average Bonchev–Trinajstić information content (AvgIpc) is 2.04. The lowest BCUT2D eigenvalue weighted by Crippen LogP contribution is -2.18. The molecular formula is C9H7BrN2O. The van der Waals surface area contributed by atoms with Gasteiger partial charge in [-0.15, -0.1) is 0 Å². The third-order valence-corrected chi connectivity index (χ3v) is 2.28. The summed E-state index contributed by atoms with van der Waals surface area (Å²) < 4.78 is 0.695. The Bertz CT molecular complexity index is 361. The highest BCUT2D eigenvalue weighted by molar-refractivity contribution is 9.10. The zero-order valence-corrected chi connectivity index (χ0v) is 8.55. The molecule has 1 aromatic carbocycles. The van der Waals surface area contributed by atoms with Crippen LogP contribution < -0.4 is 5.32 Å². The van der Waals surface area contributed by atoms with Gasteiger partial charge in [0.05, 0.1) is 5.56 Å². The summed E-state index contributed by atoms with van der Waals surface area (Å²) in [6.45, 7) is 1.82. The summed E-state index contributed by atoms with van der Waals surface area (Å²) in [4.78, 5) is 11.3. The number of carbonyl (C=O) groups excluding carboxylic acids is 1. The number of hydrogen-bond donors (Lipinski definition) is 1. The van der Waals surface area contributed by atoms with Crippen molar-refractivity contribution in [2.24, 2.45) is 0 Å². The fourth-order valence-corrected chi connectivity index (χ4v) is 1.68. The van der Waals surface area contributed by atoms with Crippen LogP contribution in [0.1, 0.15) is 15.9 Å². The molecule has 0 saturated carbocycles. The maximum atomic E-state index is 11.3. The van der Waals surface area contributed by atoms with Crippen LogP contribution in [0.3, 0.4) is 0 Å². The Morgan fingerprint density at radius 3 is 2.85 bits per heavy atom. The Morgan fingerprint density at radius 1 is 1.62 bits per heavy atom. The van der Waals surface area contributed by atoms with Gasteiger partial charge in [0.15, 0.2) is 6.19 Å². The van der Waals surface area contributed by atoms with E-state index in [0.29, 0.717) is 10.0 Å². The van der Waals surface area contributed by atoms with Gasteiger partial charge >= 0.3 is 0 Å². The van der Waals surface area contributed by atoms with Gasteiger partial charge in [0.2, 0.25) is 0 Å². The summed E-state index contributed by atoms with van der Waals surface area (Å²) >= 11 is 3.25. The first kappa shape index (κ1) is 9.75. The molecule has 1 amide bonds. The van der Waals surface area contributed by atoms with E-state index in [9.17, 15) is 4.79 Å². The van der Waals surface area contributed by atoms with Crippen molar-refractivity contribution in [3.05, 3.63) is 33.8 Å². The molecule has 1 aromatic rings. The van der Waals surface area contributed by atoms with E-state index in [1.54, 1.807) is 12.3 Å². The molecule has 0 aliphatic carbocycles. The minimum atomic E-state index is -0.382. The second-order valence-corrected chi connectivity index (χ2v) is 3.35. The maximum absolute atomic E-state index is 11.3. The van der Waals surface area contributed by atoms with E-state index in [0.717, 1.165) is 5.56 Å². The minimum absolute atomic E-state index is 0.382. The molecule has 0 radical (unpaired) electrons. The molecule has 3 nitrogen and oxygen atoms in total. The van der Waals surface area contributed by atoms with Gasteiger partial charge in [0.1, 0.15) is 0 Å². The molecule has 0 atom stereocenters. The quantitative estimate of drug-likeness (QED) is 0.601. The first-order valence-electron chi connectivity index (χ1n) is 3.61. The van der Waals surface area contributed by atoms with Gasteiger partial charge in [0, 0.05) is 4.47 Å². The number of benzene rings is 1. The van der Waals surface area contributed by atoms with Crippen LogP contribution in [0.15, 0.2) is 22.7 Å². The van der Waals surface area contributed by atoms with Gasteiger partial charge in [-0.05, 0) is 34.5 Å². The van der Waals surface area contributed by atoms with Crippen molar-refractivity contribution < 1.29 is 4.79 Å². The largest absolute Gasteiger partial charge is 0.268 e. The van der Waals surface area contributed by atoms with Crippen LogP contribution in [0.4, 0.5) is 0 Å². The predicted molar refractivity (Wildman–Crippen MR) is 52.0 cm³/mol. The number of rotatable bonds is 1. The summed E-state index contributed by atoms with van der Waals surface area (Å²) in [6, 6.07) is 5.42. The minimum Gasteiger partial charge on any atom is -0.268 e. The van der Waals surface area contributed by atoms with Crippen molar-refractivity contribution in [1.29, 1.82) is 5.26 Å². The number of halogens is 1. The predicted octanol–water partition coefficient (Wildman–Crippen LogP) is 1.97. The monoisotopic (exact) mass is 238 g/mol. The van der Waals surface area contributed by atoms with Crippen LogP contribution in [0.2, 0.25) is 0 Å². The molecule has 0 aliphatic rings. The van der Waals surface area contributed by atoms with Crippen LogP contribution in [-0.4, -0.2) is 5.91 Å². The topological polar surface area (TPSA) is 52.9 Å². The maximum Gasteiger partial charge on any atom is 0.265 e. The van der Waals surface area contributed by atoms with E-state index in [2.05, 4.69) is 21.2 Å². The fourth-order valence-electron chi connectivity index (χ4n) is 1.03. The highest BCUT2D eigenvalue weighted by atomic mass is 79.9. The van der Waals surface area contributed by atoms with Gasteiger partial charge in [-0.1, -0.05) is 12.1 Å². The van der Waals surface area contributed by atoms with E-state index in [4.69, 9.17) is 5.26 Å². The van der Waals surface area contributed by atoms with E-state index in [1.165, 1.54) is 0 Å². The molecule has 4 heteroatoms. The molecule has 0 spiro atoms. The molecule has 0 aromatic heterocycles. The zero-order valence-electron chi connectivity index (χ0n) is 6.97. The normalized spacial score (nSPS) is 9.00. The highest BCUT2D eigenvalue weighted by Crippen LogP contribution is 2.19. The van der Waals surface area contributed by atoms with Crippen LogP contribution in [0.25, 0.3) is 0 Å². The van der Waals surface area contributed by atoms with Crippen LogP contribution in [0, 0.1) is 18.4 Å². The Hall–Kier alpha value is -1.34. The third-order valence-electron chi connectivity index (χ3n) is 1.62. The lowest BCUT2D eigenvalue weighted by molar-refractivity contribution is 0.0971. The molecular weight excluding hydrogens is 232 g/mol. The van der Waals surface area contributed by atoms with E-state index in [1.807, 2.05) is 19.1 Å². The van der Waals surface area contributed by atoms with Gasteiger partial charge in [-0.3, -0.25) is 10.1 Å². The van der Waals surface area contributed by atoms with Crippen LogP contribution in [-0.2, 0) is 0 Å². The molecule has 66 valence electrons. The number of hydrogen-bond acceptors (Lipinski definition) is 2. The third kappa shape index (κ3) is 2.07. The molecule has 0 unspecified atom stereocenters. The summed E-state index contributed by atoms with van der Waals surface area (Å²) in [6.07, 6.45) is 1.60. The fraction of sp³-hybridized carbons (Fsp3) is 0.111. The number of nitrogens with zero attached hydrogens (tertiary/aromatic N) is 1. The van der Waals surface area contributed by atoms with Crippen molar-refractivity contribution in [2.45, 2.75) is 6.92 Å². The zero-order chi connectivity index (χ0) is 9.84. The summed E-state index contributed by atoms with van der Waals surface area (Å²) in [7, 11) is 0. The molecule has 0 fully saturated rings. The van der Waals surface area contributed by atoms with Crippen molar-refractivity contribution in [2.75, 3.05) is 0 Å². The molecule has 13 heavy (non-hydrogen) atoms. The molecule has 0 aliphatic heterocycles. The van der Waals surface area contributed by atoms with Gasteiger partial charge in [0.25, 0.3) is 5.91 Å². The Morgan fingerprint density at radius 2 is 2.31 bits per heavy atom. The van der Waals surface area contributed by atoms with Crippen molar-refractivity contribution in [3.63, 3.8) is 0 Å². The van der Waals surface area contributed by atoms with Crippen molar-refractivity contribution in [3.8, 4) is 6.19 Å². The van der Waals surface area contributed by atoms with E-state index >= 15 is 0 Å². The SMILES string of the molecule is Cc1cccc(Br)c1C(=O)NC#N. The number of nitriles is 1. The van der Waals surface area contributed by atoms with Crippen LogP contribution in [0.5, 0.6) is 0 Å². The van der Waals surface area contributed by atoms with Crippen LogP contribution >= 0.6 is 15.9 Å². The van der Waals surface area contributed by atoms with Crippen molar-refractivity contribution >= 4 is 21.8 Å². The van der Waals surface area contributed by atoms with Gasteiger partial charge < -0.3 is 0 Å². The smallest absolute Gasteiger partial charge is 0.265 e. The Labute approximate surface area is 84.5 Å². The van der Waals surface area contributed by atoms with Gasteiger partial charge in [-0.25, -0.2) is 0 Å². The number of carbonyl (C=O) groups is 1. The summed E-state index contributed by atoms with van der Waals surface area (Å²) in [5.74, 6) is -0.382. The average molecular weight is 239 g/mol. The molecule has 1 rings (SSSR count). The highest BCUT2D eigenvalue weighted by Gasteiger charge is 2.11. The first-order valence-corrected chi connectivity index (χ1v) is 4.40. The van der Waals surface area contributed by atoms with E-state index < -0.39 is 0 Å². The standard InChI is InChI=1S/C9H7BrN2O/c1-6-3-2-4-7(10)8(6)9(13)12-5-11/h2-4H,1H3,(H,12,13). The second kappa shape index (κ2) is 4.06. The lowest BCUT2D eigenvalue weighted by Gasteiger charge is -2.04. The Kier molecular flexibility index (Phi) is 3.04. The molecule has 1 N–H and O–H groups in total. The lowest BCUT2D eigenvalue weighted by atomic mass is 10.1. The summed E-state index contributed by atoms with van der Waals surface area (Å²) in [5.41, 5.74) is 1.34. The molecule has 0 saturated heterocycles. The first-order chi connectivity index (χ1) is 6.16. The van der Waals surface area contributed by atoms with Gasteiger partial charge in [-0.2, -0.15) is 5.26 Å². The number of nitrogens with one attached hydrogen (secondary N) is 1. The summed E-state index contributed by atoms with van der Waals surface area (Å²) in [5, 5.41) is 10.4.